The van der Waals surface area contributed by atoms with Crippen molar-refractivity contribution in [1.82, 2.24) is 19.9 Å². The van der Waals surface area contributed by atoms with Gasteiger partial charge in [-0.3, -0.25) is 0 Å². The number of hydrogen-bond donors (Lipinski definition) is 0. The summed E-state index contributed by atoms with van der Waals surface area (Å²) >= 11 is 0. The quantitative estimate of drug-likeness (QED) is 0.718. The molecule has 132 valence electrons. The Morgan fingerprint density at radius 2 is 1.35 bits per heavy atom. The molecule has 0 unspecified atom stereocenters. The van der Waals surface area contributed by atoms with E-state index < -0.39 is 0 Å². The Hall–Kier alpha value is -3.22. The minimum absolute atomic E-state index is 0.763. The van der Waals surface area contributed by atoms with E-state index in [2.05, 4.69) is 41.8 Å². The Balaban J connectivity index is 1.46. The van der Waals surface area contributed by atoms with Gasteiger partial charge in [-0.2, -0.15) is 4.98 Å². The molecule has 7 nitrogen and oxygen atoms in total. The lowest BCUT2D eigenvalue weighted by Gasteiger charge is -2.34. The summed E-state index contributed by atoms with van der Waals surface area (Å²) in [5.74, 6) is 2.43. The van der Waals surface area contributed by atoms with E-state index in [-0.39, 0.29) is 0 Å². The fourth-order valence-corrected chi connectivity index (χ4v) is 3.02. The lowest BCUT2D eigenvalue weighted by molar-refractivity contribution is 0.628. The van der Waals surface area contributed by atoms with Gasteiger partial charge in [0.1, 0.15) is 5.82 Å². The van der Waals surface area contributed by atoms with E-state index in [0.29, 0.717) is 0 Å². The molecule has 0 amide bonds. The molecule has 1 aliphatic rings. The highest BCUT2D eigenvalue weighted by Crippen LogP contribution is 2.23. The van der Waals surface area contributed by atoms with E-state index >= 15 is 0 Å². The molecule has 7 heteroatoms. The van der Waals surface area contributed by atoms with Crippen molar-refractivity contribution in [3.63, 3.8) is 0 Å². The van der Waals surface area contributed by atoms with Gasteiger partial charge in [-0.05, 0) is 24.3 Å². The van der Waals surface area contributed by atoms with E-state index in [4.69, 9.17) is 4.98 Å². The monoisotopic (exact) mass is 347 g/mol. The Kier molecular flexibility index (Phi) is 4.59. The minimum Gasteiger partial charge on any atom is -0.337 e. The van der Waals surface area contributed by atoms with Gasteiger partial charge in [0.15, 0.2) is 0 Å². The van der Waals surface area contributed by atoms with Gasteiger partial charge >= 0.3 is 0 Å². The molecule has 1 aromatic carbocycles. The summed E-state index contributed by atoms with van der Waals surface area (Å²) in [7, 11) is 2.02. The zero-order valence-electron chi connectivity index (χ0n) is 14.7. The highest BCUT2D eigenvalue weighted by Gasteiger charge is 2.21. The number of benzene rings is 1. The van der Waals surface area contributed by atoms with Crippen LogP contribution in [0.4, 0.5) is 23.4 Å². The molecule has 1 fully saturated rings. The van der Waals surface area contributed by atoms with E-state index in [1.807, 2.05) is 43.6 Å². The van der Waals surface area contributed by atoms with Crippen molar-refractivity contribution < 1.29 is 0 Å². The van der Waals surface area contributed by atoms with Gasteiger partial charge in [0.2, 0.25) is 11.9 Å². The molecule has 4 rings (SSSR count). The molecule has 3 aromatic rings. The van der Waals surface area contributed by atoms with E-state index in [1.54, 1.807) is 12.4 Å². The zero-order chi connectivity index (χ0) is 17.8. The van der Waals surface area contributed by atoms with Crippen LogP contribution in [0.1, 0.15) is 0 Å². The fourth-order valence-electron chi connectivity index (χ4n) is 3.02. The van der Waals surface area contributed by atoms with Crippen LogP contribution in [-0.2, 0) is 0 Å². The van der Waals surface area contributed by atoms with Crippen molar-refractivity contribution in [2.45, 2.75) is 0 Å². The molecule has 3 heterocycles. The second-order valence-corrected chi connectivity index (χ2v) is 6.13. The first kappa shape index (κ1) is 16.3. The summed E-state index contributed by atoms with van der Waals surface area (Å²) in [6, 6.07) is 14.0. The summed E-state index contributed by atoms with van der Waals surface area (Å²) in [6.45, 7) is 3.39. The molecule has 0 radical (unpaired) electrons. The molecule has 0 saturated carbocycles. The molecule has 0 spiro atoms. The zero-order valence-corrected chi connectivity index (χ0v) is 14.7. The van der Waals surface area contributed by atoms with Crippen LogP contribution in [0.25, 0.3) is 0 Å². The normalized spacial score (nSPS) is 14.3. The minimum atomic E-state index is 0.763. The van der Waals surface area contributed by atoms with E-state index in [0.717, 1.165) is 49.6 Å². The average Bonchev–Trinajstić information content (AvgIpc) is 2.75. The van der Waals surface area contributed by atoms with E-state index in [9.17, 15) is 0 Å². The molecule has 0 N–H and O–H groups in total. The van der Waals surface area contributed by atoms with Crippen LogP contribution in [0.3, 0.4) is 0 Å². The molecule has 0 atom stereocenters. The number of piperazine rings is 1. The topological polar surface area (TPSA) is 61.3 Å². The summed E-state index contributed by atoms with van der Waals surface area (Å²) in [5.41, 5.74) is 1.10. The first-order valence-corrected chi connectivity index (χ1v) is 8.70. The van der Waals surface area contributed by atoms with Crippen LogP contribution < -0.4 is 14.7 Å². The van der Waals surface area contributed by atoms with Crippen LogP contribution in [0.5, 0.6) is 0 Å². The summed E-state index contributed by atoms with van der Waals surface area (Å²) < 4.78 is 0. The molecule has 26 heavy (non-hydrogen) atoms. The first-order chi connectivity index (χ1) is 12.8. The number of hydrogen-bond acceptors (Lipinski definition) is 7. The predicted octanol–water partition coefficient (Wildman–Crippen LogP) is 2.36. The summed E-state index contributed by atoms with van der Waals surface area (Å²) in [6.07, 6.45) is 5.38. The lowest BCUT2D eigenvalue weighted by atomic mass is 10.3. The van der Waals surface area contributed by atoms with Gasteiger partial charge in [-0.25, -0.2) is 15.0 Å². The third-order valence-corrected chi connectivity index (χ3v) is 4.51. The number of para-hydroxylation sites is 1. The van der Waals surface area contributed by atoms with Crippen molar-refractivity contribution in [1.29, 1.82) is 0 Å². The highest BCUT2D eigenvalue weighted by atomic mass is 15.4. The van der Waals surface area contributed by atoms with Gasteiger partial charge in [0.05, 0.1) is 0 Å². The van der Waals surface area contributed by atoms with Gasteiger partial charge in [-0.1, -0.05) is 18.2 Å². The Bertz CT molecular complexity index is 833. The number of anilines is 4. The Morgan fingerprint density at radius 1 is 0.731 bits per heavy atom. The largest absolute Gasteiger partial charge is 0.337 e. The maximum absolute atomic E-state index is 4.76. The van der Waals surface area contributed by atoms with Crippen LogP contribution in [-0.4, -0.2) is 53.2 Å². The van der Waals surface area contributed by atoms with Gasteiger partial charge in [0, 0.05) is 57.5 Å². The molecular weight excluding hydrogens is 326 g/mol. The lowest BCUT2D eigenvalue weighted by Crippen LogP contribution is -2.47. The van der Waals surface area contributed by atoms with Crippen LogP contribution in [0.15, 0.2) is 61.1 Å². The van der Waals surface area contributed by atoms with Crippen molar-refractivity contribution in [3.8, 4) is 0 Å². The number of rotatable bonds is 4. The predicted molar refractivity (Wildman–Crippen MR) is 103 cm³/mol. The standard InChI is InChI=1S/C19H21N7/c1-24(16-6-3-2-4-7-16)17-8-11-22-19(23-17)26-14-12-25(13-15-26)18-20-9-5-10-21-18/h2-11H,12-15H2,1H3. The molecule has 0 bridgehead atoms. The highest BCUT2D eigenvalue weighted by molar-refractivity contribution is 5.59. The number of aromatic nitrogens is 4. The Labute approximate surface area is 153 Å². The molecule has 0 aliphatic carbocycles. The van der Waals surface area contributed by atoms with Crippen molar-refractivity contribution >= 4 is 23.4 Å². The van der Waals surface area contributed by atoms with Crippen LogP contribution >= 0.6 is 0 Å². The maximum Gasteiger partial charge on any atom is 0.227 e. The summed E-state index contributed by atoms with van der Waals surface area (Å²) in [4.78, 5) is 24.4. The van der Waals surface area contributed by atoms with Crippen LogP contribution in [0.2, 0.25) is 0 Å². The van der Waals surface area contributed by atoms with Crippen LogP contribution in [0, 0.1) is 0 Å². The fraction of sp³-hybridized carbons (Fsp3) is 0.263. The molecule has 2 aromatic heterocycles. The third kappa shape index (κ3) is 3.42. The maximum atomic E-state index is 4.76. The average molecular weight is 347 g/mol. The first-order valence-electron chi connectivity index (χ1n) is 8.70. The van der Waals surface area contributed by atoms with Gasteiger partial charge < -0.3 is 14.7 Å². The van der Waals surface area contributed by atoms with Crippen molar-refractivity contribution in [3.05, 3.63) is 61.1 Å². The van der Waals surface area contributed by atoms with Crippen molar-refractivity contribution in [2.75, 3.05) is 47.9 Å². The molecule has 1 aliphatic heterocycles. The second-order valence-electron chi connectivity index (χ2n) is 6.13. The molecule has 1 saturated heterocycles. The van der Waals surface area contributed by atoms with Crippen molar-refractivity contribution in [2.24, 2.45) is 0 Å². The second kappa shape index (κ2) is 7.35. The SMILES string of the molecule is CN(c1ccccc1)c1ccnc(N2CCN(c3ncccn3)CC2)n1. The molecular formula is C19H21N7. The third-order valence-electron chi connectivity index (χ3n) is 4.51. The van der Waals surface area contributed by atoms with E-state index in [1.165, 1.54) is 0 Å². The summed E-state index contributed by atoms with van der Waals surface area (Å²) in [5, 5.41) is 0. The smallest absolute Gasteiger partial charge is 0.227 e. The Morgan fingerprint density at radius 3 is 2.04 bits per heavy atom. The van der Waals surface area contributed by atoms with Gasteiger partial charge in [-0.15, -0.1) is 0 Å². The van der Waals surface area contributed by atoms with Gasteiger partial charge in [0.25, 0.3) is 0 Å². The number of nitrogens with zero attached hydrogens (tertiary/aromatic N) is 7.